The van der Waals surface area contributed by atoms with E-state index in [1.54, 1.807) is 36.4 Å². The van der Waals surface area contributed by atoms with Crippen LogP contribution in [0.15, 0.2) is 56.6 Å². The molecule has 118 valence electrons. The monoisotopic (exact) mass is 367 g/mol. The standard InChI is InChI=1S/C16H11Cl2NO3S/c17-10-5-6-14(11(18)9-10)23-15(20)7-8-19-12-3-1-2-4-13(12)22-16(19)21/h1-6,9H,7-8H2. The van der Waals surface area contributed by atoms with Gasteiger partial charge in [-0.05, 0) is 30.3 Å². The number of aromatic nitrogens is 1. The number of halogens is 2. The number of oxazole rings is 1. The Morgan fingerprint density at radius 3 is 2.74 bits per heavy atom. The van der Waals surface area contributed by atoms with Gasteiger partial charge in [0.2, 0.25) is 0 Å². The smallest absolute Gasteiger partial charge is 0.408 e. The Morgan fingerprint density at radius 1 is 1.17 bits per heavy atom. The molecule has 2 aromatic carbocycles. The zero-order valence-electron chi connectivity index (χ0n) is 11.8. The Labute approximate surface area is 146 Å². The highest BCUT2D eigenvalue weighted by Gasteiger charge is 2.12. The van der Waals surface area contributed by atoms with Crippen LogP contribution in [0.5, 0.6) is 0 Å². The molecule has 0 aliphatic rings. The van der Waals surface area contributed by atoms with Gasteiger partial charge in [0, 0.05) is 22.9 Å². The number of nitrogens with zero attached hydrogens (tertiary/aromatic N) is 1. The lowest BCUT2D eigenvalue weighted by Crippen LogP contribution is -2.15. The van der Waals surface area contributed by atoms with E-state index in [0.717, 1.165) is 11.8 Å². The molecule has 0 fully saturated rings. The third-order valence-corrected chi connectivity index (χ3v) is 4.90. The van der Waals surface area contributed by atoms with Crippen LogP contribution >= 0.6 is 35.0 Å². The van der Waals surface area contributed by atoms with Crippen LogP contribution < -0.4 is 5.76 Å². The molecule has 0 saturated heterocycles. The lowest BCUT2D eigenvalue weighted by molar-refractivity contribution is -0.111. The molecule has 23 heavy (non-hydrogen) atoms. The van der Waals surface area contributed by atoms with E-state index in [1.165, 1.54) is 4.57 Å². The number of aryl methyl sites for hydroxylation is 1. The van der Waals surface area contributed by atoms with E-state index < -0.39 is 5.76 Å². The van der Waals surface area contributed by atoms with Crippen molar-refractivity contribution in [1.82, 2.24) is 4.57 Å². The minimum Gasteiger partial charge on any atom is -0.408 e. The first-order valence-electron chi connectivity index (χ1n) is 6.79. The van der Waals surface area contributed by atoms with Gasteiger partial charge in [-0.15, -0.1) is 0 Å². The summed E-state index contributed by atoms with van der Waals surface area (Å²) < 4.78 is 6.59. The fourth-order valence-corrected chi connectivity index (χ4v) is 3.42. The largest absolute Gasteiger partial charge is 0.419 e. The molecule has 0 amide bonds. The summed E-state index contributed by atoms with van der Waals surface area (Å²) in [5.74, 6) is -0.464. The number of thioether (sulfide) groups is 1. The first-order chi connectivity index (χ1) is 11.0. The molecule has 0 spiro atoms. The Bertz CT molecular complexity index is 932. The maximum Gasteiger partial charge on any atom is 0.419 e. The van der Waals surface area contributed by atoms with Crippen LogP contribution in [0, 0.1) is 0 Å². The lowest BCUT2D eigenvalue weighted by Gasteiger charge is -2.04. The van der Waals surface area contributed by atoms with Crippen LogP contribution in [0.1, 0.15) is 6.42 Å². The highest BCUT2D eigenvalue weighted by atomic mass is 35.5. The Morgan fingerprint density at radius 2 is 1.96 bits per heavy atom. The Balaban J connectivity index is 1.71. The third-order valence-electron chi connectivity index (χ3n) is 3.23. The van der Waals surface area contributed by atoms with Gasteiger partial charge in [-0.3, -0.25) is 9.36 Å². The molecule has 0 aliphatic heterocycles. The van der Waals surface area contributed by atoms with E-state index in [9.17, 15) is 9.59 Å². The first kappa shape index (κ1) is 16.2. The molecule has 0 atom stereocenters. The molecule has 3 aromatic rings. The second kappa shape index (κ2) is 6.83. The van der Waals surface area contributed by atoms with E-state index in [2.05, 4.69) is 0 Å². The van der Waals surface area contributed by atoms with Crippen molar-refractivity contribution in [2.75, 3.05) is 0 Å². The van der Waals surface area contributed by atoms with Crippen molar-refractivity contribution >= 4 is 51.2 Å². The van der Waals surface area contributed by atoms with Gasteiger partial charge in [-0.25, -0.2) is 4.79 Å². The van der Waals surface area contributed by atoms with E-state index in [0.29, 0.717) is 26.0 Å². The molecule has 0 saturated carbocycles. The van der Waals surface area contributed by atoms with Crippen molar-refractivity contribution in [3.63, 3.8) is 0 Å². The second-order valence-corrected chi connectivity index (χ2v) is 6.73. The predicted octanol–water partition coefficient (Wildman–Crippen LogP) is 4.61. The van der Waals surface area contributed by atoms with Gasteiger partial charge in [0.1, 0.15) is 0 Å². The minimum atomic E-state index is -0.464. The Hall–Kier alpha value is -1.69. The summed E-state index contributed by atoms with van der Waals surface area (Å²) in [7, 11) is 0. The van der Waals surface area contributed by atoms with Crippen molar-refractivity contribution < 1.29 is 9.21 Å². The lowest BCUT2D eigenvalue weighted by atomic mass is 10.3. The first-order valence-corrected chi connectivity index (χ1v) is 8.36. The van der Waals surface area contributed by atoms with Crippen molar-refractivity contribution in [1.29, 1.82) is 0 Å². The van der Waals surface area contributed by atoms with Gasteiger partial charge in [-0.2, -0.15) is 0 Å². The van der Waals surface area contributed by atoms with Crippen LogP contribution in [-0.2, 0) is 11.3 Å². The van der Waals surface area contributed by atoms with Crippen molar-refractivity contribution in [2.24, 2.45) is 0 Å². The molecule has 0 N–H and O–H groups in total. The molecule has 4 nitrogen and oxygen atoms in total. The van der Waals surface area contributed by atoms with Crippen LogP contribution in [0.25, 0.3) is 11.1 Å². The predicted molar refractivity (Wildman–Crippen MR) is 92.4 cm³/mol. The van der Waals surface area contributed by atoms with Crippen molar-refractivity contribution in [3.8, 4) is 0 Å². The fourth-order valence-electron chi connectivity index (χ4n) is 2.16. The normalized spacial score (nSPS) is 11.0. The third kappa shape index (κ3) is 3.63. The molecule has 1 heterocycles. The van der Waals surface area contributed by atoms with E-state index in [4.69, 9.17) is 27.6 Å². The van der Waals surface area contributed by atoms with Gasteiger partial charge in [-0.1, -0.05) is 47.1 Å². The van der Waals surface area contributed by atoms with Gasteiger partial charge < -0.3 is 4.42 Å². The molecule has 0 aliphatic carbocycles. The number of benzene rings is 2. The average molecular weight is 368 g/mol. The molecule has 0 radical (unpaired) electrons. The maximum atomic E-state index is 12.1. The molecule has 1 aromatic heterocycles. The summed E-state index contributed by atoms with van der Waals surface area (Å²) in [6.45, 7) is 0.257. The zero-order chi connectivity index (χ0) is 16.4. The van der Waals surface area contributed by atoms with Crippen molar-refractivity contribution in [3.05, 3.63) is 63.1 Å². The molecule has 3 rings (SSSR count). The quantitative estimate of drug-likeness (QED) is 0.631. The second-order valence-electron chi connectivity index (χ2n) is 4.79. The van der Waals surface area contributed by atoms with Crippen LogP contribution in [0.4, 0.5) is 0 Å². The number of fused-ring (bicyclic) bond motifs is 1. The van der Waals surface area contributed by atoms with Crippen LogP contribution in [0.2, 0.25) is 10.0 Å². The maximum absolute atomic E-state index is 12.1. The SMILES string of the molecule is O=C(CCn1c(=O)oc2ccccc21)Sc1ccc(Cl)cc1Cl. The summed E-state index contributed by atoms with van der Waals surface area (Å²) in [6, 6.07) is 12.1. The Kier molecular flexibility index (Phi) is 4.80. The van der Waals surface area contributed by atoms with Crippen LogP contribution in [-0.4, -0.2) is 9.68 Å². The molecular formula is C16H11Cl2NO3S. The van der Waals surface area contributed by atoms with Gasteiger partial charge in [0.05, 0.1) is 10.5 Å². The number of rotatable bonds is 4. The van der Waals surface area contributed by atoms with Crippen LogP contribution in [0.3, 0.4) is 0 Å². The summed E-state index contributed by atoms with van der Waals surface area (Å²) in [5.41, 5.74) is 1.19. The average Bonchev–Trinajstić information content (AvgIpc) is 2.83. The van der Waals surface area contributed by atoms with E-state index in [1.807, 2.05) is 6.07 Å². The van der Waals surface area contributed by atoms with Crippen molar-refractivity contribution in [2.45, 2.75) is 17.9 Å². The minimum absolute atomic E-state index is 0.0913. The molecule has 7 heteroatoms. The number of hydrogen-bond acceptors (Lipinski definition) is 4. The summed E-state index contributed by atoms with van der Waals surface area (Å²) in [6.07, 6.45) is 0.188. The van der Waals surface area contributed by atoms with E-state index >= 15 is 0 Å². The summed E-state index contributed by atoms with van der Waals surface area (Å²) >= 11 is 12.9. The highest BCUT2D eigenvalue weighted by Crippen LogP contribution is 2.30. The number of carbonyl (C=O) groups is 1. The van der Waals surface area contributed by atoms with Gasteiger partial charge >= 0.3 is 5.76 Å². The topological polar surface area (TPSA) is 52.2 Å². The van der Waals surface area contributed by atoms with Gasteiger partial charge in [0.25, 0.3) is 0 Å². The summed E-state index contributed by atoms with van der Waals surface area (Å²) in [4.78, 5) is 24.6. The molecular weight excluding hydrogens is 357 g/mol. The molecule has 0 bridgehead atoms. The molecule has 0 unspecified atom stereocenters. The fraction of sp³-hybridized carbons (Fsp3) is 0.125. The zero-order valence-corrected chi connectivity index (χ0v) is 14.1. The number of carbonyl (C=O) groups excluding carboxylic acids is 1. The van der Waals surface area contributed by atoms with E-state index in [-0.39, 0.29) is 18.1 Å². The summed E-state index contributed by atoms with van der Waals surface area (Å²) in [5, 5.41) is 0.858. The number of para-hydroxylation sites is 2. The highest BCUT2D eigenvalue weighted by molar-refractivity contribution is 8.13. The van der Waals surface area contributed by atoms with Gasteiger partial charge in [0.15, 0.2) is 10.7 Å². The number of hydrogen-bond donors (Lipinski definition) is 0.